The van der Waals surface area contributed by atoms with Gasteiger partial charge in [-0.3, -0.25) is 4.79 Å². The maximum atomic E-state index is 11.8. The van der Waals surface area contributed by atoms with Gasteiger partial charge in [0.2, 0.25) is 0 Å². The van der Waals surface area contributed by atoms with Crippen LogP contribution in [-0.4, -0.2) is 11.1 Å². The van der Waals surface area contributed by atoms with Crippen molar-refractivity contribution in [2.75, 3.05) is 0 Å². The first-order chi connectivity index (χ1) is 11.1. The lowest BCUT2D eigenvalue weighted by atomic mass is 9.91. The third-order valence-electron chi connectivity index (χ3n) is 3.76. The largest absolute Gasteiger partial charge is 0.481 e. The molecule has 1 N–H and O–H groups in total. The van der Waals surface area contributed by atoms with Crippen LogP contribution in [0.15, 0.2) is 66.0 Å². The summed E-state index contributed by atoms with van der Waals surface area (Å²) in [4.78, 5) is 12.8. The van der Waals surface area contributed by atoms with Gasteiger partial charge in [-0.25, -0.2) is 0 Å². The van der Waals surface area contributed by atoms with Gasteiger partial charge in [0.15, 0.2) is 0 Å². The van der Waals surface area contributed by atoms with Gasteiger partial charge in [0.05, 0.1) is 5.92 Å². The lowest BCUT2D eigenvalue weighted by Crippen LogP contribution is -2.14. The number of thiophene rings is 1. The maximum Gasteiger partial charge on any atom is 0.311 e. The molecular weight excluding hydrogens is 328 g/mol. The van der Waals surface area contributed by atoms with E-state index in [2.05, 4.69) is 0 Å². The Morgan fingerprint density at radius 1 is 1.04 bits per heavy atom. The minimum absolute atomic E-state index is 0.480. The standard InChI is InChI=1S/C19H15ClO2S/c20-15-8-6-14(7-9-15)18-16(10-11-23-18)17(19(21)22)12-13-4-2-1-3-5-13/h1-11,17H,12H2,(H,21,22). The Labute approximate surface area is 144 Å². The maximum absolute atomic E-state index is 11.8. The van der Waals surface area contributed by atoms with E-state index in [0.29, 0.717) is 11.4 Å². The molecular formula is C19H15ClO2S. The minimum Gasteiger partial charge on any atom is -0.481 e. The van der Waals surface area contributed by atoms with Crippen LogP contribution in [0.1, 0.15) is 17.0 Å². The average molecular weight is 343 g/mol. The third kappa shape index (κ3) is 3.63. The summed E-state index contributed by atoms with van der Waals surface area (Å²) >= 11 is 7.50. The summed E-state index contributed by atoms with van der Waals surface area (Å²) in [5.41, 5.74) is 2.88. The van der Waals surface area contributed by atoms with Crippen LogP contribution in [0, 0.1) is 0 Å². The second-order valence-corrected chi connectivity index (χ2v) is 6.65. The van der Waals surface area contributed by atoms with Gasteiger partial charge in [-0.1, -0.05) is 54.1 Å². The van der Waals surface area contributed by atoms with Crippen LogP contribution in [0.4, 0.5) is 0 Å². The zero-order chi connectivity index (χ0) is 16.2. The molecule has 0 amide bonds. The summed E-state index contributed by atoms with van der Waals surface area (Å²) in [6, 6.07) is 19.1. The molecule has 1 heterocycles. The lowest BCUT2D eigenvalue weighted by Gasteiger charge is -2.14. The topological polar surface area (TPSA) is 37.3 Å². The second kappa shape index (κ2) is 6.99. The summed E-state index contributed by atoms with van der Waals surface area (Å²) in [5, 5.41) is 12.3. The first-order valence-electron chi connectivity index (χ1n) is 7.25. The highest BCUT2D eigenvalue weighted by atomic mass is 35.5. The molecule has 0 aliphatic carbocycles. The van der Waals surface area contributed by atoms with Crippen LogP contribution in [-0.2, 0) is 11.2 Å². The van der Waals surface area contributed by atoms with Crippen LogP contribution in [0.25, 0.3) is 10.4 Å². The van der Waals surface area contributed by atoms with E-state index in [1.54, 1.807) is 11.3 Å². The smallest absolute Gasteiger partial charge is 0.311 e. The van der Waals surface area contributed by atoms with Crippen molar-refractivity contribution in [3.8, 4) is 10.4 Å². The molecule has 4 heteroatoms. The van der Waals surface area contributed by atoms with Crippen LogP contribution in [0.5, 0.6) is 0 Å². The first kappa shape index (κ1) is 15.8. The molecule has 0 aliphatic rings. The Morgan fingerprint density at radius 2 is 1.74 bits per heavy atom. The molecule has 1 aromatic heterocycles. The van der Waals surface area contributed by atoms with Crippen molar-refractivity contribution in [3.63, 3.8) is 0 Å². The molecule has 0 bridgehead atoms. The molecule has 0 aliphatic heterocycles. The highest BCUT2D eigenvalue weighted by Crippen LogP contribution is 2.36. The van der Waals surface area contributed by atoms with Gasteiger partial charge in [0.25, 0.3) is 0 Å². The number of halogens is 1. The molecule has 1 unspecified atom stereocenters. The van der Waals surface area contributed by atoms with E-state index < -0.39 is 11.9 Å². The lowest BCUT2D eigenvalue weighted by molar-refractivity contribution is -0.138. The van der Waals surface area contributed by atoms with E-state index in [-0.39, 0.29) is 0 Å². The zero-order valence-electron chi connectivity index (χ0n) is 12.3. The Bertz CT molecular complexity index is 794. The van der Waals surface area contributed by atoms with Gasteiger partial charge < -0.3 is 5.11 Å². The molecule has 2 nitrogen and oxygen atoms in total. The van der Waals surface area contributed by atoms with E-state index in [1.807, 2.05) is 66.0 Å². The number of hydrogen-bond donors (Lipinski definition) is 1. The van der Waals surface area contributed by atoms with Gasteiger partial charge in [-0.15, -0.1) is 11.3 Å². The number of rotatable bonds is 5. The Hall–Kier alpha value is -2.10. The van der Waals surface area contributed by atoms with E-state index in [9.17, 15) is 9.90 Å². The quantitative estimate of drug-likeness (QED) is 0.666. The first-order valence-corrected chi connectivity index (χ1v) is 8.51. The molecule has 116 valence electrons. The molecule has 3 aromatic rings. The molecule has 2 aromatic carbocycles. The van der Waals surface area contributed by atoms with Crippen molar-refractivity contribution < 1.29 is 9.90 Å². The SMILES string of the molecule is O=C(O)C(Cc1ccccc1)c1ccsc1-c1ccc(Cl)cc1. The summed E-state index contributed by atoms with van der Waals surface area (Å²) < 4.78 is 0. The Morgan fingerprint density at radius 3 is 2.39 bits per heavy atom. The average Bonchev–Trinajstić information content (AvgIpc) is 3.03. The van der Waals surface area contributed by atoms with E-state index in [1.165, 1.54) is 0 Å². The van der Waals surface area contributed by atoms with Crippen LogP contribution < -0.4 is 0 Å². The van der Waals surface area contributed by atoms with E-state index in [4.69, 9.17) is 11.6 Å². The van der Waals surface area contributed by atoms with Crippen molar-refractivity contribution in [1.82, 2.24) is 0 Å². The van der Waals surface area contributed by atoms with E-state index in [0.717, 1.165) is 21.6 Å². The predicted octanol–water partition coefficient (Wildman–Crippen LogP) is 5.48. The van der Waals surface area contributed by atoms with Crippen molar-refractivity contribution >= 4 is 28.9 Å². The number of carboxylic acids is 1. The van der Waals surface area contributed by atoms with Gasteiger partial charge >= 0.3 is 5.97 Å². The zero-order valence-corrected chi connectivity index (χ0v) is 13.8. The molecule has 0 spiro atoms. The van der Waals surface area contributed by atoms with Crippen LogP contribution in [0.2, 0.25) is 5.02 Å². The van der Waals surface area contributed by atoms with Gasteiger partial charge in [0, 0.05) is 9.90 Å². The summed E-state index contributed by atoms with van der Waals surface area (Å²) in [6.45, 7) is 0. The van der Waals surface area contributed by atoms with Gasteiger partial charge in [0.1, 0.15) is 0 Å². The van der Waals surface area contributed by atoms with Crippen molar-refractivity contribution in [3.05, 3.63) is 82.2 Å². The predicted molar refractivity (Wildman–Crippen MR) is 95.3 cm³/mol. The molecule has 0 saturated heterocycles. The van der Waals surface area contributed by atoms with E-state index >= 15 is 0 Å². The molecule has 1 atom stereocenters. The van der Waals surface area contributed by atoms with Crippen molar-refractivity contribution in [2.45, 2.75) is 12.3 Å². The number of hydrogen-bond acceptors (Lipinski definition) is 2. The normalized spacial score (nSPS) is 12.0. The fourth-order valence-corrected chi connectivity index (χ4v) is 3.70. The Balaban J connectivity index is 1.97. The van der Waals surface area contributed by atoms with Gasteiger partial charge in [-0.05, 0) is 46.7 Å². The molecule has 0 fully saturated rings. The number of benzene rings is 2. The fraction of sp³-hybridized carbons (Fsp3) is 0.105. The monoisotopic (exact) mass is 342 g/mol. The number of carbonyl (C=O) groups is 1. The molecule has 3 rings (SSSR count). The van der Waals surface area contributed by atoms with Gasteiger partial charge in [-0.2, -0.15) is 0 Å². The van der Waals surface area contributed by atoms with Crippen molar-refractivity contribution in [1.29, 1.82) is 0 Å². The minimum atomic E-state index is -0.803. The molecule has 0 saturated carbocycles. The van der Waals surface area contributed by atoms with Crippen LogP contribution in [0.3, 0.4) is 0 Å². The Kier molecular flexibility index (Phi) is 4.79. The highest BCUT2D eigenvalue weighted by Gasteiger charge is 2.24. The fourth-order valence-electron chi connectivity index (χ4n) is 2.61. The highest BCUT2D eigenvalue weighted by molar-refractivity contribution is 7.13. The third-order valence-corrected chi connectivity index (χ3v) is 4.99. The summed E-state index contributed by atoms with van der Waals surface area (Å²) in [7, 11) is 0. The number of carboxylic acid groups (broad SMARTS) is 1. The number of aliphatic carboxylic acids is 1. The molecule has 23 heavy (non-hydrogen) atoms. The van der Waals surface area contributed by atoms with Crippen molar-refractivity contribution in [2.24, 2.45) is 0 Å². The summed E-state index contributed by atoms with van der Waals surface area (Å²) in [5.74, 6) is -1.36. The molecule has 0 radical (unpaired) electrons. The van der Waals surface area contributed by atoms with Crippen LogP contribution >= 0.6 is 22.9 Å². The second-order valence-electron chi connectivity index (χ2n) is 5.29. The summed E-state index contributed by atoms with van der Waals surface area (Å²) in [6.07, 6.45) is 0.480.